The van der Waals surface area contributed by atoms with Crippen molar-refractivity contribution in [2.24, 2.45) is 0 Å². The summed E-state index contributed by atoms with van der Waals surface area (Å²) in [6.07, 6.45) is 7.17. The molecule has 1 aliphatic heterocycles. The van der Waals surface area contributed by atoms with Gasteiger partial charge in [-0.3, -0.25) is 9.20 Å². The van der Waals surface area contributed by atoms with Gasteiger partial charge in [0.05, 0.1) is 6.54 Å². The Morgan fingerprint density at radius 2 is 2.32 bits per heavy atom. The van der Waals surface area contributed by atoms with Gasteiger partial charge in [0.25, 0.3) is 0 Å². The first-order valence-electron chi connectivity index (χ1n) is 7.66. The molecule has 1 aliphatic rings. The predicted octanol–water partition coefficient (Wildman–Crippen LogP) is 3.06. The molecule has 1 saturated heterocycles. The summed E-state index contributed by atoms with van der Waals surface area (Å²) in [4.78, 5) is 11.9. The van der Waals surface area contributed by atoms with Crippen molar-refractivity contribution in [3.8, 4) is 0 Å². The van der Waals surface area contributed by atoms with Crippen LogP contribution in [0, 0.1) is 0 Å². The molecule has 0 saturated carbocycles. The number of nitrogens with one attached hydrogen (secondary N) is 1. The Morgan fingerprint density at radius 1 is 1.36 bits per heavy atom. The predicted molar refractivity (Wildman–Crippen MR) is 91.8 cm³/mol. The van der Waals surface area contributed by atoms with Gasteiger partial charge < -0.3 is 5.32 Å². The Labute approximate surface area is 138 Å². The Balaban J connectivity index is 1.37. The van der Waals surface area contributed by atoms with Crippen molar-refractivity contribution in [1.82, 2.24) is 19.9 Å². The SMILES string of the molecule is O=C(CCCC[C@H]1CCSS1)NCc1nnc2ccccn12. The van der Waals surface area contributed by atoms with Crippen LogP contribution in [-0.4, -0.2) is 31.5 Å². The number of hydrogen-bond donors (Lipinski definition) is 1. The van der Waals surface area contributed by atoms with Gasteiger partial charge >= 0.3 is 0 Å². The van der Waals surface area contributed by atoms with E-state index in [0.717, 1.165) is 29.6 Å². The monoisotopic (exact) mass is 336 g/mol. The van der Waals surface area contributed by atoms with E-state index in [1.165, 1.54) is 18.6 Å². The highest BCUT2D eigenvalue weighted by Crippen LogP contribution is 2.39. The summed E-state index contributed by atoms with van der Waals surface area (Å²) in [5.41, 5.74) is 0.804. The van der Waals surface area contributed by atoms with E-state index >= 15 is 0 Å². The van der Waals surface area contributed by atoms with Crippen molar-refractivity contribution in [3.63, 3.8) is 0 Å². The first-order valence-corrected chi connectivity index (χ1v) is 10.0. The Hall–Kier alpha value is -1.21. The largest absolute Gasteiger partial charge is 0.349 e. The minimum atomic E-state index is 0.0983. The van der Waals surface area contributed by atoms with Gasteiger partial charge in [-0.25, -0.2) is 0 Å². The molecule has 5 nitrogen and oxygen atoms in total. The molecule has 7 heteroatoms. The van der Waals surface area contributed by atoms with Gasteiger partial charge in [0.2, 0.25) is 5.91 Å². The van der Waals surface area contributed by atoms with Crippen LogP contribution in [0.4, 0.5) is 0 Å². The zero-order valence-electron chi connectivity index (χ0n) is 12.4. The van der Waals surface area contributed by atoms with Crippen molar-refractivity contribution in [2.45, 2.75) is 43.9 Å². The lowest BCUT2D eigenvalue weighted by Crippen LogP contribution is -2.23. The van der Waals surface area contributed by atoms with Gasteiger partial charge in [-0.15, -0.1) is 10.2 Å². The lowest BCUT2D eigenvalue weighted by Gasteiger charge is -2.07. The van der Waals surface area contributed by atoms with Gasteiger partial charge in [-0.1, -0.05) is 34.1 Å². The van der Waals surface area contributed by atoms with Crippen LogP contribution < -0.4 is 5.32 Å². The normalized spacial score (nSPS) is 17.9. The van der Waals surface area contributed by atoms with Gasteiger partial charge in [-0.2, -0.15) is 0 Å². The third kappa shape index (κ3) is 4.16. The molecule has 2 aromatic heterocycles. The van der Waals surface area contributed by atoms with Crippen molar-refractivity contribution in [3.05, 3.63) is 30.2 Å². The smallest absolute Gasteiger partial charge is 0.220 e. The number of pyridine rings is 1. The Bertz CT molecular complexity index is 625. The van der Waals surface area contributed by atoms with Gasteiger partial charge in [-0.05, 0) is 31.4 Å². The molecule has 0 bridgehead atoms. The van der Waals surface area contributed by atoms with Crippen LogP contribution in [-0.2, 0) is 11.3 Å². The number of rotatable bonds is 7. The highest BCUT2D eigenvalue weighted by Gasteiger charge is 2.15. The second kappa shape index (κ2) is 7.87. The summed E-state index contributed by atoms with van der Waals surface area (Å²) in [5.74, 6) is 2.15. The molecule has 1 fully saturated rings. The van der Waals surface area contributed by atoms with Crippen molar-refractivity contribution in [2.75, 3.05) is 5.75 Å². The number of hydrogen-bond acceptors (Lipinski definition) is 5. The molecule has 0 spiro atoms. The molecule has 1 amide bonds. The van der Waals surface area contributed by atoms with Crippen molar-refractivity contribution >= 4 is 33.1 Å². The van der Waals surface area contributed by atoms with Gasteiger partial charge in [0.1, 0.15) is 0 Å². The zero-order valence-corrected chi connectivity index (χ0v) is 14.0. The molecule has 3 heterocycles. The zero-order chi connectivity index (χ0) is 15.2. The van der Waals surface area contributed by atoms with E-state index in [0.29, 0.717) is 13.0 Å². The van der Waals surface area contributed by atoms with Crippen LogP contribution in [0.15, 0.2) is 24.4 Å². The number of aromatic nitrogens is 3. The molecule has 0 unspecified atom stereocenters. The van der Waals surface area contributed by atoms with Crippen LogP contribution in [0.1, 0.15) is 37.9 Å². The van der Waals surface area contributed by atoms with Crippen molar-refractivity contribution in [1.29, 1.82) is 0 Å². The number of fused-ring (bicyclic) bond motifs is 1. The molecular weight excluding hydrogens is 316 g/mol. The van der Waals surface area contributed by atoms with E-state index in [9.17, 15) is 4.79 Å². The topological polar surface area (TPSA) is 59.3 Å². The highest BCUT2D eigenvalue weighted by atomic mass is 33.1. The van der Waals surface area contributed by atoms with Gasteiger partial charge in [0.15, 0.2) is 11.5 Å². The van der Waals surface area contributed by atoms with Crippen LogP contribution in [0.25, 0.3) is 5.65 Å². The van der Waals surface area contributed by atoms with E-state index in [4.69, 9.17) is 0 Å². The number of nitrogens with zero attached hydrogens (tertiary/aromatic N) is 3. The second-order valence-electron chi connectivity index (χ2n) is 5.40. The highest BCUT2D eigenvalue weighted by molar-refractivity contribution is 8.77. The number of amides is 1. The Morgan fingerprint density at radius 3 is 3.18 bits per heavy atom. The summed E-state index contributed by atoms with van der Waals surface area (Å²) in [5, 5.41) is 11.9. The maximum Gasteiger partial charge on any atom is 0.220 e. The van der Waals surface area contributed by atoms with Crippen molar-refractivity contribution < 1.29 is 4.79 Å². The molecule has 1 atom stereocenters. The molecule has 22 heavy (non-hydrogen) atoms. The molecule has 1 N–H and O–H groups in total. The summed E-state index contributed by atoms with van der Waals surface area (Å²) < 4.78 is 1.90. The average Bonchev–Trinajstić information content (AvgIpc) is 3.19. The maximum atomic E-state index is 11.9. The molecular formula is C15H20N4OS2. The van der Waals surface area contributed by atoms with E-state index in [-0.39, 0.29) is 5.91 Å². The van der Waals surface area contributed by atoms with Gasteiger partial charge in [0, 0.05) is 23.6 Å². The fourth-order valence-corrected chi connectivity index (χ4v) is 5.53. The molecule has 0 aliphatic carbocycles. The van der Waals surface area contributed by atoms with Crippen LogP contribution in [0.2, 0.25) is 0 Å². The van der Waals surface area contributed by atoms with Crippen LogP contribution in [0.5, 0.6) is 0 Å². The summed E-state index contributed by atoms with van der Waals surface area (Å²) in [6.45, 7) is 0.430. The summed E-state index contributed by atoms with van der Waals surface area (Å²) >= 11 is 0. The fraction of sp³-hybridized carbons (Fsp3) is 0.533. The minimum absolute atomic E-state index is 0.0983. The fourth-order valence-electron chi connectivity index (χ4n) is 2.50. The first-order chi connectivity index (χ1) is 10.8. The molecule has 118 valence electrons. The van der Waals surface area contributed by atoms with Crippen LogP contribution >= 0.6 is 21.6 Å². The minimum Gasteiger partial charge on any atom is -0.349 e. The maximum absolute atomic E-state index is 11.9. The molecule has 0 radical (unpaired) electrons. The third-order valence-corrected chi connectivity index (χ3v) is 6.74. The summed E-state index contributed by atoms with van der Waals surface area (Å²) in [6, 6.07) is 5.76. The first kappa shape index (κ1) is 15.7. The van der Waals surface area contributed by atoms with E-state index in [1.54, 1.807) is 0 Å². The van der Waals surface area contributed by atoms with E-state index < -0.39 is 0 Å². The number of carbonyl (C=O) groups excluding carboxylic acids is 1. The average molecular weight is 336 g/mol. The summed E-state index contributed by atoms with van der Waals surface area (Å²) in [7, 11) is 3.99. The number of carbonyl (C=O) groups is 1. The Kier molecular flexibility index (Phi) is 5.61. The molecule has 2 aromatic rings. The second-order valence-corrected chi connectivity index (χ2v) is 8.18. The van der Waals surface area contributed by atoms with E-state index in [1.807, 2.05) is 50.4 Å². The third-order valence-electron chi connectivity index (χ3n) is 3.74. The van der Waals surface area contributed by atoms with E-state index in [2.05, 4.69) is 15.5 Å². The quantitative estimate of drug-likeness (QED) is 0.622. The lowest BCUT2D eigenvalue weighted by molar-refractivity contribution is -0.121. The molecule has 0 aromatic carbocycles. The standard InChI is InChI=1S/C15H20N4OS2/c20-15(7-2-1-5-12-8-10-21-22-12)16-11-14-18-17-13-6-3-4-9-19(13)14/h3-4,6,9,12H,1-2,5,7-8,10-11H2,(H,16,20)/t12-/m0/s1. The lowest BCUT2D eigenvalue weighted by atomic mass is 10.1. The molecule has 3 rings (SSSR count). The number of unbranched alkanes of at least 4 members (excludes halogenated alkanes) is 1. The van der Waals surface area contributed by atoms with Crippen LogP contribution in [0.3, 0.4) is 0 Å².